The van der Waals surface area contributed by atoms with Gasteiger partial charge in [-0.15, -0.1) is 0 Å². The first kappa shape index (κ1) is 21.6. The number of carbonyl (C=O) groups excluding carboxylic acids is 2. The van der Waals surface area contributed by atoms with E-state index in [0.29, 0.717) is 12.0 Å². The molecule has 1 aliphatic rings. The summed E-state index contributed by atoms with van der Waals surface area (Å²) in [5, 5.41) is 0. The molecule has 1 aliphatic heterocycles. The molecule has 1 atom stereocenters. The average Bonchev–Trinajstić information content (AvgIpc) is 2.84. The van der Waals surface area contributed by atoms with Gasteiger partial charge < -0.3 is 4.90 Å². The summed E-state index contributed by atoms with van der Waals surface area (Å²) in [6.45, 7) is 4.08. The third-order valence-corrected chi connectivity index (χ3v) is 5.73. The van der Waals surface area contributed by atoms with Crippen LogP contribution in [0.3, 0.4) is 0 Å². The zero-order valence-electron chi connectivity index (χ0n) is 18.6. The fourth-order valence-electron chi connectivity index (χ4n) is 4.16. The number of hydrogen-bond donors (Lipinski definition) is 0. The van der Waals surface area contributed by atoms with Gasteiger partial charge in [-0.2, -0.15) is 0 Å². The summed E-state index contributed by atoms with van der Waals surface area (Å²) in [4.78, 5) is 30.4. The summed E-state index contributed by atoms with van der Waals surface area (Å²) in [6.07, 6.45) is 4.30. The molecule has 0 aromatic heterocycles. The number of fused-ring (bicyclic) bond motifs is 1. The van der Waals surface area contributed by atoms with Gasteiger partial charge in [0, 0.05) is 23.2 Å². The van der Waals surface area contributed by atoms with Crippen LogP contribution < -0.4 is 9.80 Å². The molecule has 4 nitrogen and oxygen atoms in total. The summed E-state index contributed by atoms with van der Waals surface area (Å²) in [5.74, 6) is 0.0126. The van der Waals surface area contributed by atoms with Crippen molar-refractivity contribution in [1.29, 1.82) is 0 Å². The quantitative estimate of drug-likeness (QED) is 0.466. The Balaban J connectivity index is 1.80. The molecule has 4 rings (SSSR count). The van der Waals surface area contributed by atoms with Crippen molar-refractivity contribution >= 4 is 28.9 Å². The van der Waals surface area contributed by atoms with Gasteiger partial charge in [-0.1, -0.05) is 67.9 Å². The van der Waals surface area contributed by atoms with E-state index >= 15 is 0 Å². The van der Waals surface area contributed by atoms with E-state index < -0.39 is 0 Å². The monoisotopic (exact) mass is 424 g/mol. The molecule has 0 radical (unpaired) electrons. The predicted octanol–water partition coefficient (Wildman–Crippen LogP) is 6.30. The maximum atomic E-state index is 13.4. The largest absolute Gasteiger partial charge is 0.301 e. The summed E-state index contributed by atoms with van der Waals surface area (Å²) in [6, 6.07) is 26.7. The van der Waals surface area contributed by atoms with Gasteiger partial charge >= 0.3 is 0 Å². The van der Waals surface area contributed by atoms with E-state index in [0.717, 1.165) is 35.5 Å². The van der Waals surface area contributed by atoms with Crippen molar-refractivity contribution < 1.29 is 9.59 Å². The zero-order chi connectivity index (χ0) is 22.5. The highest BCUT2D eigenvalue weighted by atomic mass is 16.2. The number of nitrogens with zero attached hydrogens (tertiary/aromatic N) is 2. The number of para-hydroxylation sites is 2. The van der Waals surface area contributed by atoms with E-state index in [2.05, 4.69) is 6.92 Å². The van der Waals surface area contributed by atoms with Crippen LogP contribution in [-0.2, 0) is 4.79 Å². The lowest BCUT2D eigenvalue weighted by molar-refractivity contribution is -0.117. The molecule has 3 aromatic rings. The number of carbonyl (C=O) groups is 2. The van der Waals surface area contributed by atoms with E-state index in [1.807, 2.05) is 108 Å². The Hall–Kier alpha value is -3.66. The van der Waals surface area contributed by atoms with Crippen LogP contribution in [0.5, 0.6) is 0 Å². The third-order valence-electron chi connectivity index (χ3n) is 5.73. The summed E-state index contributed by atoms with van der Waals surface area (Å²) >= 11 is 0. The van der Waals surface area contributed by atoms with Crippen LogP contribution >= 0.6 is 0 Å². The fourth-order valence-corrected chi connectivity index (χ4v) is 4.16. The van der Waals surface area contributed by atoms with Crippen molar-refractivity contribution in [2.24, 2.45) is 0 Å². The molecule has 4 heteroatoms. The first-order valence-corrected chi connectivity index (χ1v) is 11.2. The highest BCUT2D eigenvalue weighted by molar-refractivity contribution is 6.13. The number of anilines is 2. The zero-order valence-corrected chi connectivity index (χ0v) is 18.6. The van der Waals surface area contributed by atoms with Crippen molar-refractivity contribution in [2.45, 2.75) is 39.2 Å². The van der Waals surface area contributed by atoms with E-state index in [9.17, 15) is 9.59 Å². The van der Waals surface area contributed by atoms with Crippen LogP contribution in [0.25, 0.3) is 5.70 Å². The number of hydrogen-bond acceptors (Lipinski definition) is 2. The molecule has 3 aromatic carbocycles. The molecule has 0 saturated carbocycles. The topological polar surface area (TPSA) is 40.6 Å². The van der Waals surface area contributed by atoms with E-state index in [-0.39, 0.29) is 17.9 Å². The molecule has 1 heterocycles. The van der Waals surface area contributed by atoms with E-state index in [4.69, 9.17) is 0 Å². The van der Waals surface area contributed by atoms with Crippen LogP contribution in [0.2, 0.25) is 0 Å². The highest BCUT2D eigenvalue weighted by Gasteiger charge is 2.33. The second-order valence-electron chi connectivity index (χ2n) is 8.02. The molecule has 0 saturated heterocycles. The minimum absolute atomic E-state index is 0.0515. The smallest absolute Gasteiger partial charge is 0.258 e. The maximum absolute atomic E-state index is 13.4. The van der Waals surface area contributed by atoms with E-state index in [1.54, 1.807) is 0 Å². The highest BCUT2D eigenvalue weighted by Crippen LogP contribution is 2.39. The fraction of sp³-hybridized carbons (Fsp3) is 0.214. The minimum Gasteiger partial charge on any atom is -0.301 e. The lowest BCUT2D eigenvalue weighted by atomic mass is 9.97. The molecule has 0 bridgehead atoms. The second kappa shape index (κ2) is 9.65. The standard InChI is InChI=1S/C28H28N2O2/c1-3-4-19-27(31)30(23-15-9-6-10-16-23)26-20-21(2)29(25-18-12-11-17-24(25)26)28(32)22-13-7-5-8-14-22/h5-18,20-21H,3-4,19H2,1-2H3/t21-/m1/s1. The van der Waals surface area contributed by atoms with Crippen LogP contribution in [0, 0.1) is 0 Å². The van der Waals surface area contributed by atoms with Crippen molar-refractivity contribution in [2.75, 3.05) is 9.80 Å². The molecule has 0 unspecified atom stereocenters. The maximum Gasteiger partial charge on any atom is 0.258 e. The average molecular weight is 425 g/mol. The Morgan fingerprint density at radius 3 is 2.19 bits per heavy atom. The van der Waals surface area contributed by atoms with Crippen molar-refractivity contribution in [1.82, 2.24) is 0 Å². The predicted molar refractivity (Wildman–Crippen MR) is 131 cm³/mol. The summed E-state index contributed by atoms with van der Waals surface area (Å²) < 4.78 is 0. The summed E-state index contributed by atoms with van der Waals surface area (Å²) in [5.41, 5.74) is 4.01. The lowest BCUT2D eigenvalue weighted by Crippen LogP contribution is -2.42. The van der Waals surface area contributed by atoms with Gasteiger partial charge in [-0.05, 0) is 49.8 Å². The number of amides is 2. The molecular formula is C28H28N2O2. The Bertz CT molecular complexity index is 1120. The van der Waals surface area contributed by atoms with Gasteiger partial charge in [-0.25, -0.2) is 0 Å². The number of rotatable bonds is 6. The van der Waals surface area contributed by atoms with Crippen molar-refractivity contribution in [3.05, 3.63) is 102 Å². The molecule has 0 fully saturated rings. The van der Waals surface area contributed by atoms with Crippen LogP contribution in [0.1, 0.15) is 49.0 Å². The van der Waals surface area contributed by atoms with Gasteiger partial charge in [0.1, 0.15) is 0 Å². The molecule has 0 N–H and O–H groups in total. The Kier molecular flexibility index (Phi) is 6.50. The number of unbranched alkanes of at least 4 members (excludes halogenated alkanes) is 1. The Morgan fingerprint density at radius 1 is 0.875 bits per heavy atom. The molecular weight excluding hydrogens is 396 g/mol. The molecule has 0 aliphatic carbocycles. The Labute approximate surface area is 189 Å². The lowest BCUT2D eigenvalue weighted by Gasteiger charge is -2.37. The molecule has 0 spiro atoms. The number of benzene rings is 3. The first-order chi connectivity index (χ1) is 15.6. The van der Waals surface area contributed by atoms with Gasteiger partial charge in [0.15, 0.2) is 0 Å². The third kappa shape index (κ3) is 4.22. The normalized spacial score (nSPS) is 15.0. The van der Waals surface area contributed by atoms with Crippen LogP contribution in [-0.4, -0.2) is 17.9 Å². The molecule has 2 amide bonds. The first-order valence-electron chi connectivity index (χ1n) is 11.2. The van der Waals surface area contributed by atoms with Gasteiger partial charge in [0.25, 0.3) is 5.91 Å². The van der Waals surface area contributed by atoms with Gasteiger partial charge in [0.05, 0.1) is 17.4 Å². The van der Waals surface area contributed by atoms with Crippen molar-refractivity contribution in [3.8, 4) is 0 Å². The minimum atomic E-state index is -0.210. The van der Waals surface area contributed by atoms with Crippen LogP contribution in [0.4, 0.5) is 11.4 Å². The van der Waals surface area contributed by atoms with Crippen molar-refractivity contribution in [3.63, 3.8) is 0 Å². The van der Waals surface area contributed by atoms with Crippen LogP contribution in [0.15, 0.2) is 91.0 Å². The molecule has 162 valence electrons. The second-order valence-corrected chi connectivity index (χ2v) is 8.02. The summed E-state index contributed by atoms with van der Waals surface area (Å²) in [7, 11) is 0. The van der Waals surface area contributed by atoms with E-state index in [1.165, 1.54) is 0 Å². The Morgan fingerprint density at radius 2 is 1.50 bits per heavy atom. The van der Waals surface area contributed by atoms with Gasteiger partial charge in [0.2, 0.25) is 5.91 Å². The van der Waals surface area contributed by atoms with Gasteiger partial charge in [-0.3, -0.25) is 14.5 Å². The SMILES string of the molecule is CCCCC(=O)N(C1=C[C@@H](C)N(C(=O)c2ccccc2)c2ccccc21)c1ccccc1. The molecule has 32 heavy (non-hydrogen) atoms.